The van der Waals surface area contributed by atoms with E-state index in [0.29, 0.717) is 12.0 Å². The van der Waals surface area contributed by atoms with Crippen LogP contribution in [0.2, 0.25) is 0 Å². The molecule has 1 saturated carbocycles. The largest absolute Gasteiger partial charge is 0.314 e. The van der Waals surface area contributed by atoms with E-state index in [2.05, 4.69) is 57.2 Å². The van der Waals surface area contributed by atoms with Gasteiger partial charge in [0.15, 0.2) is 0 Å². The molecule has 0 radical (unpaired) electrons. The van der Waals surface area contributed by atoms with E-state index in [1.54, 1.807) is 0 Å². The number of nitrogens with one attached hydrogen (secondary N) is 1. The molecule has 1 fully saturated rings. The van der Waals surface area contributed by atoms with E-state index in [4.69, 9.17) is 0 Å². The predicted octanol–water partition coefficient (Wildman–Crippen LogP) is 4.54. The number of rotatable bonds is 5. The van der Waals surface area contributed by atoms with Crippen LogP contribution >= 0.6 is 0 Å². The molecule has 1 N–H and O–H groups in total. The van der Waals surface area contributed by atoms with Crippen molar-refractivity contribution in [1.82, 2.24) is 10.3 Å². The second kappa shape index (κ2) is 7.40. The minimum atomic E-state index is 0.573. The van der Waals surface area contributed by atoms with Crippen molar-refractivity contribution in [3.05, 3.63) is 29.6 Å². The minimum Gasteiger partial charge on any atom is -0.314 e. The summed E-state index contributed by atoms with van der Waals surface area (Å²) in [4.78, 5) is 4.44. The van der Waals surface area contributed by atoms with Crippen LogP contribution in [0.3, 0.4) is 0 Å². The van der Waals surface area contributed by atoms with Crippen LogP contribution in [-0.2, 0) is 0 Å². The molecule has 3 unspecified atom stereocenters. The minimum absolute atomic E-state index is 0.573. The van der Waals surface area contributed by atoms with E-state index in [1.807, 2.05) is 6.20 Å². The lowest BCUT2D eigenvalue weighted by atomic mass is 9.68. The topological polar surface area (TPSA) is 24.9 Å². The summed E-state index contributed by atoms with van der Waals surface area (Å²) in [5.41, 5.74) is 2.74. The highest BCUT2D eigenvalue weighted by atomic mass is 14.9. The molecule has 118 valence electrons. The van der Waals surface area contributed by atoms with Gasteiger partial charge in [-0.2, -0.15) is 0 Å². The third-order valence-corrected chi connectivity index (χ3v) is 5.09. The number of hydrogen-bond donors (Lipinski definition) is 1. The Balaban J connectivity index is 2.15. The molecular formula is C19H32N2. The maximum absolute atomic E-state index is 4.44. The summed E-state index contributed by atoms with van der Waals surface area (Å²) in [5.74, 6) is 3.09. The Morgan fingerprint density at radius 2 is 1.95 bits per heavy atom. The predicted molar refractivity (Wildman–Crippen MR) is 90.5 cm³/mol. The SMILES string of the molecule is Cc1cncc(C2CC(C(C)C)CCC2CNC(C)C)c1. The first-order chi connectivity index (χ1) is 9.97. The van der Waals surface area contributed by atoms with Gasteiger partial charge in [-0.15, -0.1) is 0 Å². The van der Waals surface area contributed by atoms with Crippen molar-refractivity contribution in [1.29, 1.82) is 0 Å². The summed E-state index contributed by atoms with van der Waals surface area (Å²) >= 11 is 0. The zero-order chi connectivity index (χ0) is 15.4. The lowest BCUT2D eigenvalue weighted by Crippen LogP contribution is -2.36. The van der Waals surface area contributed by atoms with Gasteiger partial charge < -0.3 is 5.32 Å². The van der Waals surface area contributed by atoms with E-state index < -0.39 is 0 Å². The van der Waals surface area contributed by atoms with E-state index in [1.165, 1.54) is 30.4 Å². The van der Waals surface area contributed by atoms with Crippen LogP contribution in [0, 0.1) is 24.7 Å². The van der Waals surface area contributed by atoms with Crippen LogP contribution in [0.4, 0.5) is 0 Å². The average Bonchev–Trinajstić information content (AvgIpc) is 2.44. The smallest absolute Gasteiger partial charge is 0.0303 e. The number of aromatic nitrogens is 1. The van der Waals surface area contributed by atoms with Gasteiger partial charge in [0.2, 0.25) is 0 Å². The van der Waals surface area contributed by atoms with Gasteiger partial charge in [0.05, 0.1) is 0 Å². The maximum Gasteiger partial charge on any atom is 0.0303 e. The third kappa shape index (κ3) is 4.54. The molecule has 21 heavy (non-hydrogen) atoms. The van der Waals surface area contributed by atoms with Crippen molar-refractivity contribution >= 4 is 0 Å². The first-order valence-corrected chi connectivity index (χ1v) is 8.62. The zero-order valence-corrected chi connectivity index (χ0v) is 14.4. The highest BCUT2D eigenvalue weighted by molar-refractivity contribution is 5.22. The molecular weight excluding hydrogens is 256 g/mol. The monoisotopic (exact) mass is 288 g/mol. The van der Waals surface area contributed by atoms with Crippen molar-refractivity contribution in [3.8, 4) is 0 Å². The van der Waals surface area contributed by atoms with Crippen molar-refractivity contribution in [2.45, 2.75) is 65.8 Å². The number of hydrogen-bond acceptors (Lipinski definition) is 2. The Kier molecular flexibility index (Phi) is 5.80. The molecule has 0 saturated heterocycles. The molecule has 3 atom stereocenters. The number of aryl methyl sites for hydroxylation is 1. The van der Waals surface area contributed by atoms with Gasteiger partial charge in [0.1, 0.15) is 0 Å². The van der Waals surface area contributed by atoms with Gasteiger partial charge in [-0.05, 0) is 67.5 Å². The highest BCUT2D eigenvalue weighted by Gasteiger charge is 2.32. The van der Waals surface area contributed by atoms with Crippen molar-refractivity contribution in [3.63, 3.8) is 0 Å². The molecule has 1 heterocycles. The fourth-order valence-corrected chi connectivity index (χ4v) is 3.69. The Bertz CT molecular complexity index is 439. The third-order valence-electron chi connectivity index (χ3n) is 5.09. The van der Waals surface area contributed by atoms with Crippen LogP contribution in [0.1, 0.15) is 64.0 Å². The van der Waals surface area contributed by atoms with Gasteiger partial charge >= 0.3 is 0 Å². The molecule has 0 spiro atoms. The van der Waals surface area contributed by atoms with Crippen LogP contribution in [0.5, 0.6) is 0 Å². The first-order valence-electron chi connectivity index (χ1n) is 8.62. The summed E-state index contributed by atoms with van der Waals surface area (Å²) < 4.78 is 0. The Hall–Kier alpha value is -0.890. The van der Waals surface area contributed by atoms with Crippen molar-refractivity contribution in [2.75, 3.05) is 6.54 Å². The molecule has 2 nitrogen and oxygen atoms in total. The normalized spacial score (nSPS) is 26.5. The fourth-order valence-electron chi connectivity index (χ4n) is 3.69. The summed E-state index contributed by atoms with van der Waals surface area (Å²) in [5, 5.41) is 3.65. The van der Waals surface area contributed by atoms with Crippen molar-refractivity contribution < 1.29 is 0 Å². The summed E-state index contributed by atoms with van der Waals surface area (Å²) in [6.45, 7) is 12.5. The summed E-state index contributed by atoms with van der Waals surface area (Å²) in [6.07, 6.45) is 8.13. The number of pyridine rings is 1. The van der Waals surface area contributed by atoms with Crippen LogP contribution < -0.4 is 5.32 Å². The molecule has 0 amide bonds. The summed E-state index contributed by atoms with van der Waals surface area (Å²) in [6, 6.07) is 2.92. The Morgan fingerprint density at radius 1 is 1.19 bits per heavy atom. The Labute approximate surface area is 130 Å². The van der Waals surface area contributed by atoms with Gasteiger partial charge in [-0.3, -0.25) is 4.98 Å². The summed E-state index contributed by atoms with van der Waals surface area (Å²) in [7, 11) is 0. The molecule has 1 aliphatic carbocycles. The lowest BCUT2D eigenvalue weighted by molar-refractivity contribution is 0.188. The van der Waals surface area contributed by atoms with E-state index in [0.717, 1.165) is 24.3 Å². The fraction of sp³-hybridized carbons (Fsp3) is 0.737. The second-order valence-corrected chi connectivity index (χ2v) is 7.54. The van der Waals surface area contributed by atoms with E-state index >= 15 is 0 Å². The van der Waals surface area contributed by atoms with E-state index in [9.17, 15) is 0 Å². The molecule has 2 rings (SSSR count). The van der Waals surface area contributed by atoms with E-state index in [-0.39, 0.29) is 0 Å². The van der Waals surface area contributed by atoms with Crippen LogP contribution in [-0.4, -0.2) is 17.6 Å². The van der Waals surface area contributed by atoms with Crippen LogP contribution in [0.15, 0.2) is 18.5 Å². The average molecular weight is 288 g/mol. The van der Waals surface area contributed by atoms with Gasteiger partial charge in [-0.1, -0.05) is 33.8 Å². The molecule has 0 aliphatic heterocycles. The van der Waals surface area contributed by atoms with Gasteiger partial charge in [-0.25, -0.2) is 0 Å². The molecule has 1 aromatic rings. The zero-order valence-electron chi connectivity index (χ0n) is 14.4. The quantitative estimate of drug-likeness (QED) is 0.860. The lowest BCUT2D eigenvalue weighted by Gasteiger charge is -2.38. The van der Waals surface area contributed by atoms with Crippen LogP contribution in [0.25, 0.3) is 0 Å². The standard InChI is InChI=1S/C19H32N2/c1-13(2)16-6-7-17(12-21-14(3)4)19(9-16)18-8-15(5)10-20-11-18/h8,10-11,13-14,16-17,19,21H,6-7,9,12H2,1-5H3. The van der Waals surface area contributed by atoms with Crippen molar-refractivity contribution in [2.24, 2.45) is 17.8 Å². The first kappa shape index (κ1) is 16.5. The molecule has 1 aliphatic rings. The Morgan fingerprint density at radius 3 is 2.57 bits per heavy atom. The van der Waals surface area contributed by atoms with Gasteiger partial charge in [0, 0.05) is 18.4 Å². The van der Waals surface area contributed by atoms with Gasteiger partial charge in [0.25, 0.3) is 0 Å². The molecule has 0 bridgehead atoms. The number of nitrogens with zero attached hydrogens (tertiary/aromatic N) is 1. The molecule has 0 aromatic carbocycles. The highest BCUT2D eigenvalue weighted by Crippen LogP contribution is 2.42. The molecule has 2 heteroatoms. The maximum atomic E-state index is 4.44. The molecule has 1 aromatic heterocycles. The second-order valence-electron chi connectivity index (χ2n) is 7.54.